The molecule has 116 valence electrons. The number of likely N-dealkylation sites (tertiary alicyclic amines) is 1. The highest BCUT2D eigenvalue weighted by molar-refractivity contribution is 6.36. The molecule has 22 heavy (non-hydrogen) atoms. The molecule has 1 unspecified atom stereocenters. The summed E-state index contributed by atoms with van der Waals surface area (Å²) in [6, 6.07) is -0.128. The van der Waals surface area contributed by atoms with Gasteiger partial charge < -0.3 is 20.3 Å². The smallest absolute Gasteiger partial charge is 0.246 e. The Bertz CT molecular complexity index is 716. The number of aromatic nitrogens is 3. The Morgan fingerprint density at radius 2 is 2.36 bits per heavy atom. The average Bonchev–Trinajstić information content (AvgIpc) is 2.88. The summed E-state index contributed by atoms with van der Waals surface area (Å²) < 4.78 is 0. The van der Waals surface area contributed by atoms with Gasteiger partial charge in [0.1, 0.15) is 17.8 Å². The van der Waals surface area contributed by atoms with Crippen molar-refractivity contribution in [3.8, 4) is 0 Å². The molecule has 3 N–H and O–H groups in total. The van der Waals surface area contributed by atoms with Crippen LogP contribution in [0.2, 0.25) is 5.02 Å². The van der Waals surface area contributed by atoms with Crippen molar-refractivity contribution in [1.29, 1.82) is 0 Å². The van der Waals surface area contributed by atoms with E-state index in [-0.39, 0.29) is 11.9 Å². The zero-order valence-electron chi connectivity index (χ0n) is 11.8. The van der Waals surface area contributed by atoms with Crippen molar-refractivity contribution in [3.05, 3.63) is 30.2 Å². The number of fused-ring (bicyclic) bond motifs is 1. The van der Waals surface area contributed by atoms with Gasteiger partial charge in [0.2, 0.25) is 5.91 Å². The molecule has 2 aromatic rings. The van der Waals surface area contributed by atoms with Crippen LogP contribution in [0, 0.1) is 0 Å². The SMILES string of the molecule is C=CC(=O)N1CC(Nc2ncnc3[nH]cc(Cl)c23)C[C@H](O)C1. The first-order valence-corrected chi connectivity index (χ1v) is 7.29. The van der Waals surface area contributed by atoms with Gasteiger partial charge in [-0.15, -0.1) is 0 Å². The largest absolute Gasteiger partial charge is 0.391 e. The average molecular weight is 322 g/mol. The molecule has 1 aliphatic heterocycles. The number of H-pyrrole nitrogens is 1. The Balaban J connectivity index is 1.83. The van der Waals surface area contributed by atoms with Gasteiger partial charge in [-0.25, -0.2) is 9.97 Å². The first-order valence-electron chi connectivity index (χ1n) is 6.92. The van der Waals surface area contributed by atoms with E-state index < -0.39 is 6.10 Å². The molecular weight excluding hydrogens is 306 g/mol. The lowest BCUT2D eigenvalue weighted by molar-refractivity contribution is -0.129. The van der Waals surface area contributed by atoms with Crippen molar-refractivity contribution < 1.29 is 9.90 Å². The summed E-state index contributed by atoms with van der Waals surface area (Å²) in [5, 5.41) is 14.4. The van der Waals surface area contributed by atoms with E-state index in [2.05, 4.69) is 26.8 Å². The number of aliphatic hydroxyl groups is 1. The molecule has 2 atom stereocenters. The van der Waals surface area contributed by atoms with Crippen LogP contribution >= 0.6 is 11.6 Å². The number of carbonyl (C=O) groups excluding carboxylic acids is 1. The third-order valence-electron chi connectivity index (χ3n) is 3.68. The summed E-state index contributed by atoms with van der Waals surface area (Å²) >= 11 is 6.15. The van der Waals surface area contributed by atoms with Crippen LogP contribution in [0.1, 0.15) is 6.42 Å². The predicted molar refractivity (Wildman–Crippen MR) is 83.7 cm³/mol. The van der Waals surface area contributed by atoms with E-state index >= 15 is 0 Å². The van der Waals surface area contributed by atoms with E-state index in [1.807, 2.05) is 0 Å². The van der Waals surface area contributed by atoms with Gasteiger partial charge in [0.15, 0.2) is 0 Å². The lowest BCUT2D eigenvalue weighted by Crippen LogP contribution is -2.50. The molecule has 1 aliphatic rings. The number of β-amino-alcohol motifs (C(OH)–C–C–N with tert-alkyl or cyclic N) is 1. The molecule has 1 saturated heterocycles. The molecule has 0 saturated carbocycles. The molecule has 1 amide bonds. The molecule has 8 heteroatoms. The monoisotopic (exact) mass is 321 g/mol. The predicted octanol–water partition coefficient (Wildman–Crippen LogP) is 1.17. The third-order valence-corrected chi connectivity index (χ3v) is 3.98. The van der Waals surface area contributed by atoms with Crippen molar-refractivity contribution in [3.63, 3.8) is 0 Å². The van der Waals surface area contributed by atoms with Crippen LogP contribution < -0.4 is 5.32 Å². The maximum Gasteiger partial charge on any atom is 0.246 e. The van der Waals surface area contributed by atoms with Gasteiger partial charge in [-0.1, -0.05) is 18.2 Å². The molecule has 0 bridgehead atoms. The van der Waals surface area contributed by atoms with E-state index in [1.54, 1.807) is 11.1 Å². The van der Waals surface area contributed by atoms with Crippen molar-refractivity contribution >= 4 is 34.4 Å². The van der Waals surface area contributed by atoms with Gasteiger partial charge in [0.05, 0.1) is 16.5 Å². The first kappa shape index (κ1) is 14.8. The van der Waals surface area contributed by atoms with Crippen LogP contribution in [0.3, 0.4) is 0 Å². The Hall–Kier alpha value is -2.12. The Kier molecular flexibility index (Phi) is 4.00. The number of halogens is 1. The minimum absolute atomic E-state index is 0.128. The van der Waals surface area contributed by atoms with Crippen molar-refractivity contribution in [1.82, 2.24) is 19.9 Å². The Morgan fingerprint density at radius 3 is 3.14 bits per heavy atom. The highest BCUT2D eigenvalue weighted by Crippen LogP contribution is 2.28. The second-order valence-electron chi connectivity index (χ2n) is 5.26. The number of piperidine rings is 1. The second-order valence-corrected chi connectivity index (χ2v) is 5.67. The van der Waals surface area contributed by atoms with Crippen LogP contribution in [-0.4, -0.2) is 56.1 Å². The van der Waals surface area contributed by atoms with Crippen LogP contribution in [0.25, 0.3) is 11.0 Å². The lowest BCUT2D eigenvalue weighted by atomic mass is 10.0. The van der Waals surface area contributed by atoms with Crippen molar-refractivity contribution in [2.75, 3.05) is 18.4 Å². The Morgan fingerprint density at radius 1 is 1.55 bits per heavy atom. The summed E-state index contributed by atoms with van der Waals surface area (Å²) in [5.41, 5.74) is 0.637. The highest BCUT2D eigenvalue weighted by atomic mass is 35.5. The maximum absolute atomic E-state index is 11.8. The van der Waals surface area contributed by atoms with Gasteiger partial charge in [-0.2, -0.15) is 0 Å². The van der Waals surface area contributed by atoms with Crippen LogP contribution in [0.4, 0.5) is 5.82 Å². The first-order chi connectivity index (χ1) is 10.6. The van der Waals surface area contributed by atoms with Crippen molar-refractivity contribution in [2.45, 2.75) is 18.6 Å². The number of hydrogen-bond donors (Lipinski definition) is 3. The summed E-state index contributed by atoms with van der Waals surface area (Å²) in [5.74, 6) is 0.388. The number of aliphatic hydroxyl groups excluding tert-OH is 1. The molecule has 2 aromatic heterocycles. The summed E-state index contributed by atoms with van der Waals surface area (Å²) in [6.45, 7) is 4.26. The fourth-order valence-electron chi connectivity index (χ4n) is 2.71. The molecule has 0 spiro atoms. The van der Waals surface area contributed by atoms with Gasteiger partial charge in [-0.05, 0) is 12.5 Å². The van der Waals surface area contributed by atoms with Gasteiger partial charge >= 0.3 is 0 Å². The summed E-state index contributed by atoms with van der Waals surface area (Å²) in [4.78, 5) is 24.6. The molecule has 1 fully saturated rings. The molecule has 3 rings (SSSR count). The van der Waals surface area contributed by atoms with E-state index in [0.29, 0.717) is 41.4 Å². The molecule has 0 aromatic carbocycles. The highest BCUT2D eigenvalue weighted by Gasteiger charge is 2.28. The summed E-state index contributed by atoms with van der Waals surface area (Å²) in [6.07, 6.45) is 4.27. The van der Waals surface area contributed by atoms with Crippen LogP contribution in [-0.2, 0) is 4.79 Å². The molecular formula is C14H16ClN5O2. The molecule has 7 nitrogen and oxygen atoms in total. The van der Waals surface area contributed by atoms with Gasteiger partial charge in [0, 0.05) is 25.3 Å². The maximum atomic E-state index is 11.8. The molecule has 0 radical (unpaired) electrons. The van der Waals surface area contributed by atoms with Crippen molar-refractivity contribution in [2.24, 2.45) is 0 Å². The quantitative estimate of drug-likeness (QED) is 0.738. The van der Waals surface area contributed by atoms with E-state index in [1.165, 1.54) is 12.4 Å². The standard InChI is InChI=1S/C14H16ClN5O2/c1-2-11(22)20-5-8(3-9(21)6-20)19-14-12-10(15)4-16-13(12)17-7-18-14/h2,4,7-9,21H,1,3,5-6H2,(H2,16,17,18,19)/t8?,9-/m0/s1. The zero-order chi connectivity index (χ0) is 15.7. The zero-order valence-corrected chi connectivity index (χ0v) is 12.5. The number of carbonyl (C=O) groups is 1. The number of anilines is 1. The van der Waals surface area contributed by atoms with Crippen LogP contribution in [0.5, 0.6) is 0 Å². The molecule has 3 heterocycles. The minimum Gasteiger partial charge on any atom is -0.391 e. The lowest BCUT2D eigenvalue weighted by Gasteiger charge is -2.35. The van der Waals surface area contributed by atoms with E-state index in [9.17, 15) is 9.90 Å². The summed E-state index contributed by atoms with van der Waals surface area (Å²) in [7, 11) is 0. The van der Waals surface area contributed by atoms with Crippen LogP contribution in [0.15, 0.2) is 25.2 Å². The van der Waals surface area contributed by atoms with Gasteiger partial charge in [0.25, 0.3) is 0 Å². The normalized spacial score (nSPS) is 21.8. The number of nitrogens with zero attached hydrogens (tertiary/aromatic N) is 3. The Labute approximate surface area is 132 Å². The number of amides is 1. The minimum atomic E-state index is -0.589. The number of nitrogens with one attached hydrogen (secondary N) is 2. The fourth-order valence-corrected chi connectivity index (χ4v) is 2.95. The van der Waals surface area contributed by atoms with Gasteiger partial charge in [-0.3, -0.25) is 4.79 Å². The fraction of sp³-hybridized carbons (Fsp3) is 0.357. The number of rotatable bonds is 3. The third kappa shape index (κ3) is 2.77. The topological polar surface area (TPSA) is 94.1 Å². The van der Waals surface area contributed by atoms with E-state index in [4.69, 9.17) is 11.6 Å². The second kappa shape index (κ2) is 5.94. The number of aromatic amines is 1. The van der Waals surface area contributed by atoms with E-state index in [0.717, 1.165) is 0 Å². The number of hydrogen-bond acceptors (Lipinski definition) is 5. The molecule has 0 aliphatic carbocycles.